The van der Waals surface area contributed by atoms with E-state index in [-0.39, 0.29) is 5.41 Å². The predicted octanol–water partition coefficient (Wildman–Crippen LogP) is 3.01. The number of nitrogens with zero attached hydrogens (tertiary/aromatic N) is 2. The minimum atomic E-state index is -0.492. The molecule has 3 nitrogen and oxygen atoms in total. The largest absolute Gasteiger partial charge is 0.389 e. The molecule has 1 unspecified atom stereocenters. The molecule has 1 aromatic rings. The van der Waals surface area contributed by atoms with Gasteiger partial charge in [0, 0.05) is 24.8 Å². The lowest BCUT2D eigenvalue weighted by Crippen LogP contribution is -2.40. The van der Waals surface area contributed by atoms with Crippen LogP contribution in [0, 0.1) is 5.41 Å². The summed E-state index contributed by atoms with van der Waals surface area (Å²) in [6.07, 6.45) is 1.28. The number of anilines is 1. The number of rotatable bonds is 3. The Hall–Kier alpha value is -1.09. The Morgan fingerprint density at radius 1 is 1.29 bits per heavy atom. The molecule has 0 saturated carbocycles. The van der Waals surface area contributed by atoms with Crippen molar-refractivity contribution in [2.75, 3.05) is 11.9 Å². The van der Waals surface area contributed by atoms with Crippen LogP contribution >= 0.6 is 0 Å². The minimum absolute atomic E-state index is 0.169. The molecule has 0 aromatic carbocycles. The maximum Gasteiger partial charge on any atom is 0.134 e. The minimum Gasteiger partial charge on any atom is -0.389 e. The third kappa shape index (κ3) is 3.19. The van der Waals surface area contributed by atoms with E-state index in [1.54, 1.807) is 13.1 Å². The Morgan fingerprint density at radius 3 is 2.35 bits per heavy atom. The molecule has 0 fully saturated rings. The zero-order valence-corrected chi connectivity index (χ0v) is 11.7. The molecule has 3 heteroatoms. The lowest BCUT2D eigenvalue weighted by Gasteiger charge is -2.37. The van der Waals surface area contributed by atoms with E-state index < -0.39 is 6.10 Å². The molecule has 17 heavy (non-hydrogen) atoms. The molecule has 1 heterocycles. The summed E-state index contributed by atoms with van der Waals surface area (Å²) in [4.78, 5) is 6.54. The van der Waals surface area contributed by atoms with Gasteiger partial charge in [-0.1, -0.05) is 26.8 Å². The van der Waals surface area contributed by atoms with E-state index in [0.29, 0.717) is 6.04 Å². The quantitative estimate of drug-likeness (QED) is 0.876. The third-order valence-electron chi connectivity index (χ3n) is 3.44. The van der Waals surface area contributed by atoms with Gasteiger partial charge >= 0.3 is 0 Å². The van der Waals surface area contributed by atoms with Crippen LogP contribution in [0.4, 0.5) is 5.82 Å². The summed E-state index contributed by atoms with van der Waals surface area (Å²) < 4.78 is 0. The van der Waals surface area contributed by atoms with E-state index in [4.69, 9.17) is 0 Å². The van der Waals surface area contributed by atoms with Crippen LogP contribution in [-0.2, 0) is 0 Å². The van der Waals surface area contributed by atoms with Gasteiger partial charge in [0.15, 0.2) is 0 Å². The monoisotopic (exact) mass is 236 g/mol. The van der Waals surface area contributed by atoms with Gasteiger partial charge in [0.1, 0.15) is 5.82 Å². The first-order valence-electron chi connectivity index (χ1n) is 6.11. The highest BCUT2D eigenvalue weighted by molar-refractivity contribution is 5.48. The van der Waals surface area contributed by atoms with E-state index in [0.717, 1.165) is 11.4 Å². The van der Waals surface area contributed by atoms with Crippen molar-refractivity contribution in [1.82, 2.24) is 4.98 Å². The van der Waals surface area contributed by atoms with E-state index in [2.05, 4.69) is 37.6 Å². The Kier molecular flexibility index (Phi) is 4.15. The molecule has 0 saturated heterocycles. The van der Waals surface area contributed by atoms with Crippen molar-refractivity contribution in [2.45, 2.75) is 46.8 Å². The average molecular weight is 236 g/mol. The van der Waals surface area contributed by atoms with Gasteiger partial charge in [0.25, 0.3) is 0 Å². The number of hydrogen-bond acceptors (Lipinski definition) is 3. The molecule has 0 aliphatic heterocycles. The van der Waals surface area contributed by atoms with Crippen molar-refractivity contribution in [3.8, 4) is 0 Å². The second kappa shape index (κ2) is 5.05. The summed E-state index contributed by atoms with van der Waals surface area (Å²) in [5.41, 5.74) is 1.05. The molecule has 1 rings (SSSR count). The maximum absolute atomic E-state index is 9.77. The van der Waals surface area contributed by atoms with Crippen molar-refractivity contribution in [1.29, 1.82) is 0 Å². The fraction of sp³-hybridized carbons (Fsp3) is 0.643. The summed E-state index contributed by atoms with van der Waals surface area (Å²) in [6, 6.07) is 4.13. The fourth-order valence-corrected chi connectivity index (χ4v) is 1.79. The van der Waals surface area contributed by atoms with Crippen LogP contribution in [0.5, 0.6) is 0 Å². The molecule has 1 N–H and O–H groups in total. The molecule has 0 amide bonds. The first-order valence-corrected chi connectivity index (χ1v) is 6.11. The molecule has 0 spiro atoms. The van der Waals surface area contributed by atoms with Gasteiger partial charge in [-0.15, -0.1) is 0 Å². The SMILES string of the molecule is CC(N(C)c1ncccc1[C@H](C)O)C(C)(C)C. The highest BCUT2D eigenvalue weighted by atomic mass is 16.3. The summed E-state index contributed by atoms with van der Waals surface area (Å²) in [5.74, 6) is 0.866. The van der Waals surface area contributed by atoms with Crippen LogP contribution in [0.3, 0.4) is 0 Å². The van der Waals surface area contributed by atoms with Crippen LogP contribution in [-0.4, -0.2) is 23.2 Å². The normalized spacial score (nSPS) is 15.5. The zero-order chi connectivity index (χ0) is 13.2. The lowest BCUT2D eigenvalue weighted by molar-refractivity contribution is 0.198. The molecule has 96 valence electrons. The molecular weight excluding hydrogens is 212 g/mol. The van der Waals surface area contributed by atoms with Crippen LogP contribution in [0.1, 0.15) is 46.3 Å². The molecular formula is C14H24N2O. The summed E-state index contributed by atoms with van der Waals surface area (Å²) in [7, 11) is 2.03. The van der Waals surface area contributed by atoms with E-state index in [9.17, 15) is 5.11 Å². The van der Waals surface area contributed by atoms with Crippen LogP contribution in [0.15, 0.2) is 18.3 Å². The topological polar surface area (TPSA) is 36.4 Å². The Bertz CT molecular complexity index is 369. The highest BCUT2D eigenvalue weighted by Crippen LogP contribution is 2.30. The molecule has 1 aromatic heterocycles. The molecule has 0 aliphatic rings. The molecule has 2 atom stereocenters. The first kappa shape index (κ1) is 14.0. The van der Waals surface area contributed by atoms with Crippen molar-refractivity contribution in [2.24, 2.45) is 5.41 Å². The summed E-state index contributed by atoms with van der Waals surface area (Å²) in [6.45, 7) is 10.6. The van der Waals surface area contributed by atoms with Crippen molar-refractivity contribution >= 4 is 5.82 Å². The van der Waals surface area contributed by atoms with Crippen molar-refractivity contribution in [3.63, 3.8) is 0 Å². The van der Waals surface area contributed by atoms with Crippen molar-refractivity contribution < 1.29 is 5.11 Å². The summed E-state index contributed by atoms with van der Waals surface area (Å²) in [5, 5.41) is 9.77. The van der Waals surface area contributed by atoms with Gasteiger partial charge in [-0.25, -0.2) is 4.98 Å². The van der Waals surface area contributed by atoms with Gasteiger partial charge in [-0.2, -0.15) is 0 Å². The Labute approximate surface area is 104 Å². The Balaban J connectivity index is 3.08. The number of hydrogen-bond donors (Lipinski definition) is 1. The molecule has 0 bridgehead atoms. The fourth-order valence-electron chi connectivity index (χ4n) is 1.79. The predicted molar refractivity (Wildman–Crippen MR) is 72.2 cm³/mol. The highest BCUT2D eigenvalue weighted by Gasteiger charge is 2.26. The second-order valence-electron chi connectivity index (χ2n) is 5.75. The maximum atomic E-state index is 9.77. The standard InChI is InChI=1S/C14H24N2O/c1-10(17)12-8-7-9-15-13(12)16(6)11(2)14(3,4)5/h7-11,17H,1-6H3/t10-,11?/m0/s1. The molecule has 0 aliphatic carbocycles. The first-order chi connectivity index (χ1) is 7.75. The second-order valence-corrected chi connectivity index (χ2v) is 5.75. The van der Waals surface area contributed by atoms with E-state index in [1.165, 1.54) is 0 Å². The Morgan fingerprint density at radius 2 is 1.88 bits per heavy atom. The number of aromatic nitrogens is 1. The number of aliphatic hydroxyl groups excluding tert-OH is 1. The van der Waals surface area contributed by atoms with Gasteiger partial charge in [-0.3, -0.25) is 0 Å². The van der Waals surface area contributed by atoms with Gasteiger partial charge in [0.05, 0.1) is 6.10 Å². The smallest absolute Gasteiger partial charge is 0.134 e. The van der Waals surface area contributed by atoms with Crippen LogP contribution in [0.25, 0.3) is 0 Å². The van der Waals surface area contributed by atoms with Gasteiger partial charge < -0.3 is 10.0 Å². The zero-order valence-electron chi connectivity index (χ0n) is 11.7. The number of aliphatic hydroxyl groups is 1. The van der Waals surface area contributed by atoms with E-state index in [1.807, 2.05) is 19.2 Å². The van der Waals surface area contributed by atoms with Crippen LogP contribution in [0.2, 0.25) is 0 Å². The third-order valence-corrected chi connectivity index (χ3v) is 3.44. The van der Waals surface area contributed by atoms with Gasteiger partial charge in [0.2, 0.25) is 0 Å². The lowest BCUT2D eigenvalue weighted by atomic mass is 9.87. The summed E-state index contributed by atoms with van der Waals surface area (Å²) >= 11 is 0. The number of pyridine rings is 1. The van der Waals surface area contributed by atoms with Gasteiger partial charge in [-0.05, 0) is 25.3 Å². The molecule has 0 radical (unpaired) electrons. The average Bonchev–Trinajstić information content (AvgIpc) is 2.25. The van der Waals surface area contributed by atoms with E-state index >= 15 is 0 Å². The van der Waals surface area contributed by atoms with Crippen LogP contribution < -0.4 is 4.90 Å². The van der Waals surface area contributed by atoms with Crippen molar-refractivity contribution in [3.05, 3.63) is 23.9 Å².